The molecular weight excluding hydrogens is 586 g/mol. The van der Waals surface area contributed by atoms with Gasteiger partial charge >= 0.3 is 0 Å². The van der Waals surface area contributed by atoms with Crippen molar-refractivity contribution in [3.8, 4) is 11.1 Å². The lowest BCUT2D eigenvalue weighted by Gasteiger charge is -2.31. The molecule has 0 N–H and O–H groups in total. The van der Waals surface area contributed by atoms with Crippen LogP contribution in [-0.4, -0.2) is 12.7 Å². The van der Waals surface area contributed by atoms with Gasteiger partial charge in [-0.1, -0.05) is 69.2 Å². The van der Waals surface area contributed by atoms with Crippen LogP contribution < -0.4 is 0 Å². The lowest BCUT2D eigenvalue weighted by Crippen LogP contribution is -2.24. The van der Waals surface area contributed by atoms with E-state index in [0.717, 1.165) is 37.7 Å². The van der Waals surface area contributed by atoms with E-state index >= 15 is 8.78 Å². The number of ether oxygens (including phenoxy) is 1. The van der Waals surface area contributed by atoms with Crippen molar-refractivity contribution in [2.45, 2.75) is 103 Å². The molecule has 0 amide bonds. The van der Waals surface area contributed by atoms with E-state index in [9.17, 15) is 17.6 Å². The molecule has 45 heavy (non-hydrogen) atoms. The van der Waals surface area contributed by atoms with Crippen LogP contribution >= 0.6 is 0 Å². The molecule has 1 nitrogen and oxygen atoms in total. The Morgan fingerprint density at radius 1 is 0.644 bits per heavy atom. The fourth-order valence-electron chi connectivity index (χ4n) is 6.85. The molecule has 1 atom stereocenters. The Morgan fingerprint density at radius 2 is 1.27 bits per heavy atom. The lowest BCUT2D eigenvalue weighted by molar-refractivity contribution is 0.00322. The van der Waals surface area contributed by atoms with Gasteiger partial charge in [-0.05, 0) is 98.3 Å². The highest BCUT2D eigenvalue weighted by Crippen LogP contribution is 2.39. The van der Waals surface area contributed by atoms with Gasteiger partial charge in [0.1, 0.15) is 0 Å². The van der Waals surface area contributed by atoms with Crippen LogP contribution in [0.4, 0.5) is 26.3 Å². The molecular formula is C38H42F6O. The summed E-state index contributed by atoms with van der Waals surface area (Å²) < 4.78 is 95.0. The molecule has 7 heteroatoms. The summed E-state index contributed by atoms with van der Waals surface area (Å²) in [5.74, 6) is -5.76. The quantitative estimate of drug-likeness (QED) is 0.152. The lowest BCUT2D eigenvalue weighted by atomic mass is 9.81. The first kappa shape index (κ1) is 33.3. The molecule has 1 fully saturated rings. The molecule has 2 aliphatic carbocycles. The van der Waals surface area contributed by atoms with Crippen molar-refractivity contribution >= 4 is 5.57 Å². The standard InChI is InChI=1S/C38H42F6O/c1-3-5-6-7-27-15-18-29(35(41)34(27)40)25-10-8-23(9-11-25)22-45-28-16-12-26(13-17-28)30-20-21-32(38(44)36(30)42)31-19-14-24(4-2)33(39)37(31)43/h10,14-15,18-21,23,26,28H,3-9,11-13,16-17,22H2,1-2H3. The molecule has 0 heterocycles. The number of allylic oxidation sites excluding steroid dienone is 2. The van der Waals surface area contributed by atoms with E-state index in [1.54, 1.807) is 19.1 Å². The number of hydrogen-bond donors (Lipinski definition) is 0. The van der Waals surface area contributed by atoms with E-state index in [2.05, 4.69) is 6.92 Å². The Hall–Kier alpha value is -3.06. The van der Waals surface area contributed by atoms with Crippen LogP contribution in [0.25, 0.3) is 16.7 Å². The zero-order valence-electron chi connectivity index (χ0n) is 26.1. The predicted octanol–water partition coefficient (Wildman–Crippen LogP) is 11.4. The zero-order valence-corrected chi connectivity index (χ0v) is 26.1. The molecule has 0 saturated heterocycles. The molecule has 0 aromatic heterocycles. The van der Waals surface area contributed by atoms with Crippen LogP contribution in [0.5, 0.6) is 0 Å². The van der Waals surface area contributed by atoms with Gasteiger partial charge < -0.3 is 4.74 Å². The minimum Gasteiger partial charge on any atom is -0.378 e. The Balaban J connectivity index is 1.13. The summed E-state index contributed by atoms with van der Waals surface area (Å²) in [4.78, 5) is 0. The molecule has 1 unspecified atom stereocenters. The largest absolute Gasteiger partial charge is 0.378 e. The summed E-state index contributed by atoms with van der Waals surface area (Å²) in [5, 5.41) is 0. The third kappa shape index (κ3) is 7.34. The smallest absolute Gasteiger partial charge is 0.167 e. The number of halogens is 6. The van der Waals surface area contributed by atoms with E-state index in [4.69, 9.17) is 4.74 Å². The normalized spacial score (nSPS) is 20.4. The summed E-state index contributed by atoms with van der Waals surface area (Å²) in [5.41, 5.74) is 1.50. The average molecular weight is 629 g/mol. The molecule has 5 rings (SSSR count). The van der Waals surface area contributed by atoms with Crippen molar-refractivity contribution < 1.29 is 31.1 Å². The van der Waals surface area contributed by atoms with E-state index in [-0.39, 0.29) is 40.2 Å². The van der Waals surface area contributed by atoms with Crippen molar-refractivity contribution in [2.75, 3.05) is 6.61 Å². The Morgan fingerprint density at radius 3 is 1.93 bits per heavy atom. The fraction of sp³-hybridized carbons (Fsp3) is 0.474. The molecule has 1 saturated carbocycles. The minimum atomic E-state index is -1.17. The Kier molecular flexibility index (Phi) is 11.1. The third-order valence-electron chi connectivity index (χ3n) is 9.70. The number of hydrogen-bond acceptors (Lipinski definition) is 1. The summed E-state index contributed by atoms with van der Waals surface area (Å²) in [6.07, 6.45) is 10.6. The summed E-state index contributed by atoms with van der Waals surface area (Å²) in [6.45, 7) is 4.33. The zero-order chi connectivity index (χ0) is 32.1. The second kappa shape index (κ2) is 15.0. The Bertz CT molecular complexity index is 1520. The first-order chi connectivity index (χ1) is 21.7. The van der Waals surface area contributed by atoms with Gasteiger partial charge in [0, 0.05) is 16.7 Å². The van der Waals surface area contributed by atoms with Crippen molar-refractivity contribution in [1.29, 1.82) is 0 Å². The fourth-order valence-corrected chi connectivity index (χ4v) is 6.85. The van der Waals surface area contributed by atoms with Crippen LogP contribution in [0, 0.1) is 40.8 Å². The van der Waals surface area contributed by atoms with Crippen LogP contribution in [0.3, 0.4) is 0 Å². The number of aryl methyl sites for hydroxylation is 2. The maximum atomic E-state index is 15.2. The first-order valence-corrected chi connectivity index (χ1v) is 16.5. The highest BCUT2D eigenvalue weighted by Gasteiger charge is 2.29. The maximum absolute atomic E-state index is 15.2. The number of rotatable bonds is 11. The second-order valence-electron chi connectivity index (χ2n) is 12.6. The van der Waals surface area contributed by atoms with E-state index in [0.29, 0.717) is 62.7 Å². The van der Waals surface area contributed by atoms with Crippen LogP contribution in [-0.2, 0) is 17.6 Å². The Labute approximate surface area is 262 Å². The van der Waals surface area contributed by atoms with E-state index in [1.807, 2.05) is 6.08 Å². The van der Waals surface area contributed by atoms with Gasteiger partial charge in [-0.2, -0.15) is 0 Å². The van der Waals surface area contributed by atoms with Gasteiger partial charge in [0.15, 0.2) is 34.9 Å². The first-order valence-electron chi connectivity index (χ1n) is 16.5. The minimum absolute atomic E-state index is 0.0137. The second-order valence-corrected chi connectivity index (χ2v) is 12.6. The van der Waals surface area contributed by atoms with Crippen molar-refractivity contribution in [3.05, 3.63) is 99.6 Å². The van der Waals surface area contributed by atoms with E-state index in [1.165, 1.54) is 24.3 Å². The van der Waals surface area contributed by atoms with Crippen LogP contribution in [0.15, 0.2) is 42.5 Å². The topological polar surface area (TPSA) is 9.23 Å². The molecule has 3 aromatic carbocycles. The highest BCUT2D eigenvalue weighted by atomic mass is 19.2. The van der Waals surface area contributed by atoms with Crippen molar-refractivity contribution in [3.63, 3.8) is 0 Å². The molecule has 0 aliphatic heterocycles. The monoisotopic (exact) mass is 628 g/mol. The number of unbranched alkanes of at least 4 members (excludes halogenated alkanes) is 2. The van der Waals surface area contributed by atoms with E-state index < -0.39 is 34.9 Å². The molecule has 0 radical (unpaired) electrons. The molecule has 2 aliphatic rings. The van der Waals surface area contributed by atoms with Gasteiger partial charge in [-0.3, -0.25) is 0 Å². The van der Waals surface area contributed by atoms with Crippen molar-refractivity contribution in [1.82, 2.24) is 0 Å². The maximum Gasteiger partial charge on any atom is 0.167 e. The van der Waals surface area contributed by atoms with Crippen LogP contribution in [0.2, 0.25) is 0 Å². The van der Waals surface area contributed by atoms with Gasteiger partial charge in [0.05, 0.1) is 12.7 Å². The summed E-state index contributed by atoms with van der Waals surface area (Å²) in [6, 6.07) is 8.96. The van der Waals surface area contributed by atoms with Gasteiger partial charge in [-0.15, -0.1) is 0 Å². The van der Waals surface area contributed by atoms with Gasteiger partial charge in [-0.25, -0.2) is 26.3 Å². The molecule has 0 spiro atoms. The van der Waals surface area contributed by atoms with Gasteiger partial charge in [0.2, 0.25) is 0 Å². The summed E-state index contributed by atoms with van der Waals surface area (Å²) in [7, 11) is 0. The third-order valence-corrected chi connectivity index (χ3v) is 9.70. The SMILES string of the molecule is CCCCCc1ccc(C2=CCC(COC3CCC(c4ccc(-c5ccc(CC)c(F)c5F)c(F)c4F)CC3)CC2)c(F)c1F. The average Bonchev–Trinajstić information content (AvgIpc) is 3.06. The van der Waals surface area contributed by atoms with Crippen LogP contribution in [0.1, 0.15) is 106 Å². The molecule has 3 aromatic rings. The number of benzene rings is 3. The van der Waals surface area contributed by atoms with Gasteiger partial charge in [0.25, 0.3) is 0 Å². The molecule has 0 bridgehead atoms. The molecule has 242 valence electrons. The predicted molar refractivity (Wildman–Crippen MR) is 167 cm³/mol. The highest BCUT2D eigenvalue weighted by molar-refractivity contribution is 5.67. The van der Waals surface area contributed by atoms with Crippen molar-refractivity contribution in [2.24, 2.45) is 5.92 Å². The summed E-state index contributed by atoms with van der Waals surface area (Å²) >= 11 is 0.